The fourth-order valence-electron chi connectivity index (χ4n) is 3.48. The molecular weight excluding hydrogens is 352 g/mol. The van der Waals surface area contributed by atoms with E-state index in [4.69, 9.17) is 0 Å². The standard InChI is InChI=1S/C23H22N2O3/c1-23(2,28)11-9-15-7-8-20-19(13-15)16(14-24-20)10-12-25-21(26)17-5-3-4-6-18(17)22(25)27/h3-9,11,13-14,24,28H,10,12H2,1-2H3/b11-9+. The summed E-state index contributed by atoms with van der Waals surface area (Å²) in [6.45, 7) is 3.79. The Morgan fingerprint density at radius 3 is 2.39 bits per heavy atom. The maximum absolute atomic E-state index is 12.5. The normalized spacial score (nSPS) is 14.5. The Balaban J connectivity index is 1.55. The molecule has 0 bridgehead atoms. The highest BCUT2D eigenvalue weighted by Crippen LogP contribution is 2.25. The van der Waals surface area contributed by atoms with Gasteiger partial charge in [-0.15, -0.1) is 0 Å². The topological polar surface area (TPSA) is 73.4 Å². The molecule has 1 aliphatic rings. The van der Waals surface area contributed by atoms with Crippen molar-refractivity contribution < 1.29 is 14.7 Å². The van der Waals surface area contributed by atoms with Gasteiger partial charge in [0.05, 0.1) is 16.7 Å². The van der Waals surface area contributed by atoms with Gasteiger partial charge in [0.2, 0.25) is 0 Å². The van der Waals surface area contributed by atoms with Gasteiger partial charge in [0, 0.05) is 23.6 Å². The lowest BCUT2D eigenvalue weighted by Gasteiger charge is -2.13. The molecule has 0 radical (unpaired) electrons. The van der Waals surface area contributed by atoms with E-state index in [0.29, 0.717) is 24.1 Å². The first-order valence-electron chi connectivity index (χ1n) is 9.30. The summed E-state index contributed by atoms with van der Waals surface area (Å²) in [6.07, 6.45) is 6.14. The number of amides is 2. The molecule has 0 atom stereocenters. The average molecular weight is 374 g/mol. The van der Waals surface area contributed by atoms with Crippen molar-refractivity contribution in [2.24, 2.45) is 0 Å². The summed E-state index contributed by atoms with van der Waals surface area (Å²) in [7, 11) is 0. The van der Waals surface area contributed by atoms with Crippen LogP contribution in [0.5, 0.6) is 0 Å². The highest BCUT2D eigenvalue weighted by Gasteiger charge is 2.34. The molecule has 2 N–H and O–H groups in total. The van der Waals surface area contributed by atoms with Gasteiger partial charge in [-0.2, -0.15) is 0 Å². The first-order chi connectivity index (χ1) is 13.3. The third-order valence-corrected chi connectivity index (χ3v) is 4.96. The number of nitrogens with one attached hydrogen (secondary N) is 1. The van der Waals surface area contributed by atoms with Crippen molar-refractivity contribution in [2.75, 3.05) is 6.54 Å². The lowest BCUT2D eigenvalue weighted by atomic mass is 10.0. The number of carbonyl (C=O) groups excluding carboxylic acids is 2. The molecule has 2 heterocycles. The first-order valence-corrected chi connectivity index (χ1v) is 9.30. The largest absolute Gasteiger partial charge is 0.386 e. The van der Waals surface area contributed by atoms with Gasteiger partial charge in [-0.1, -0.05) is 30.4 Å². The number of rotatable bonds is 5. The van der Waals surface area contributed by atoms with E-state index in [-0.39, 0.29) is 11.8 Å². The molecule has 1 aliphatic heterocycles. The van der Waals surface area contributed by atoms with Crippen molar-refractivity contribution in [1.29, 1.82) is 0 Å². The van der Waals surface area contributed by atoms with Crippen molar-refractivity contribution in [1.82, 2.24) is 9.88 Å². The Morgan fingerprint density at radius 1 is 1.07 bits per heavy atom. The molecule has 142 valence electrons. The highest BCUT2D eigenvalue weighted by molar-refractivity contribution is 6.21. The molecule has 0 fully saturated rings. The van der Waals surface area contributed by atoms with Crippen LogP contribution in [0.2, 0.25) is 0 Å². The Hall–Kier alpha value is -3.18. The average Bonchev–Trinajstić information content (AvgIpc) is 3.17. The number of H-pyrrole nitrogens is 1. The van der Waals surface area contributed by atoms with Gasteiger partial charge in [-0.3, -0.25) is 14.5 Å². The van der Waals surface area contributed by atoms with Crippen LogP contribution in [0.25, 0.3) is 17.0 Å². The van der Waals surface area contributed by atoms with Gasteiger partial charge in [-0.25, -0.2) is 0 Å². The Bertz CT molecular complexity index is 1070. The molecule has 0 saturated heterocycles. The summed E-state index contributed by atoms with van der Waals surface area (Å²) >= 11 is 0. The summed E-state index contributed by atoms with van der Waals surface area (Å²) in [5, 5.41) is 10.9. The summed E-state index contributed by atoms with van der Waals surface area (Å²) in [6, 6.07) is 13.0. The molecule has 4 rings (SSSR count). The second-order valence-corrected chi connectivity index (χ2v) is 7.66. The maximum Gasteiger partial charge on any atom is 0.261 e. The number of aromatic amines is 1. The molecule has 1 aromatic heterocycles. The number of hydrogen-bond donors (Lipinski definition) is 2. The third-order valence-electron chi connectivity index (χ3n) is 4.96. The second-order valence-electron chi connectivity index (χ2n) is 7.66. The smallest absolute Gasteiger partial charge is 0.261 e. The fourth-order valence-corrected chi connectivity index (χ4v) is 3.48. The zero-order chi connectivity index (χ0) is 19.9. The molecular formula is C23H22N2O3. The summed E-state index contributed by atoms with van der Waals surface area (Å²) in [5.41, 5.74) is 3.11. The van der Waals surface area contributed by atoms with Gasteiger partial charge in [0.15, 0.2) is 0 Å². The molecule has 0 saturated carbocycles. The minimum atomic E-state index is -0.874. The van der Waals surface area contributed by atoms with Crippen LogP contribution in [0.3, 0.4) is 0 Å². The molecule has 3 aromatic rings. The zero-order valence-corrected chi connectivity index (χ0v) is 15.9. The Labute approximate surface area is 163 Å². The predicted octanol–water partition coefficient (Wildman–Crippen LogP) is 3.79. The SMILES string of the molecule is CC(C)(O)/C=C/c1ccc2[nH]cc(CCN3C(=O)c4ccccc4C3=O)c2c1. The van der Waals surface area contributed by atoms with Gasteiger partial charge in [0.1, 0.15) is 0 Å². The summed E-state index contributed by atoms with van der Waals surface area (Å²) < 4.78 is 0. The maximum atomic E-state index is 12.5. The number of benzene rings is 2. The highest BCUT2D eigenvalue weighted by atomic mass is 16.3. The number of aliphatic hydroxyl groups is 1. The number of nitrogens with zero attached hydrogens (tertiary/aromatic N) is 1. The Kier molecular flexibility index (Phi) is 4.40. The zero-order valence-electron chi connectivity index (χ0n) is 15.9. The minimum absolute atomic E-state index is 0.228. The number of imide groups is 1. The van der Waals surface area contributed by atoms with Crippen LogP contribution in [0.4, 0.5) is 0 Å². The Morgan fingerprint density at radius 2 is 1.75 bits per heavy atom. The summed E-state index contributed by atoms with van der Waals surface area (Å²) in [4.78, 5) is 29.6. The van der Waals surface area contributed by atoms with Crippen LogP contribution in [0.1, 0.15) is 45.7 Å². The van der Waals surface area contributed by atoms with Gasteiger partial charge < -0.3 is 10.1 Å². The molecule has 5 heteroatoms. The van der Waals surface area contributed by atoms with Crippen LogP contribution < -0.4 is 0 Å². The van der Waals surface area contributed by atoms with E-state index in [1.54, 1.807) is 44.2 Å². The van der Waals surface area contributed by atoms with Gasteiger partial charge in [0.25, 0.3) is 11.8 Å². The van der Waals surface area contributed by atoms with E-state index in [0.717, 1.165) is 22.0 Å². The lowest BCUT2D eigenvalue weighted by Crippen LogP contribution is -2.31. The molecule has 2 aromatic carbocycles. The molecule has 5 nitrogen and oxygen atoms in total. The van der Waals surface area contributed by atoms with Crippen LogP contribution in [0, 0.1) is 0 Å². The first kappa shape index (κ1) is 18.2. The predicted molar refractivity (Wildman–Crippen MR) is 109 cm³/mol. The van der Waals surface area contributed by atoms with Crippen LogP contribution in [-0.4, -0.2) is 39.0 Å². The van der Waals surface area contributed by atoms with E-state index in [1.807, 2.05) is 30.5 Å². The fraction of sp³-hybridized carbons (Fsp3) is 0.217. The number of fused-ring (bicyclic) bond motifs is 2. The van der Waals surface area contributed by atoms with Gasteiger partial charge >= 0.3 is 0 Å². The second kappa shape index (κ2) is 6.77. The summed E-state index contributed by atoms with van der Waals surface area (Å²) in [5.74, 6) is -0.455. The van der Waals surface area contributed by atoms with E-state index in [1.165, 1.54) is 4.90 Å². The number of aromatic nitrogens is 1. The molecule has 0 unspecified atom stereocenters. The van der Waals surface area contributed by atoms with Crippen molar-refractivity contribution in [3.05, 3.63) is 77.0 Å². The van der Waals surface area contributed by atoms with Crippen LogP contribution in [-0.2, 0) is 6.42 Å². The van der Waals surface area contributed by atoms with Crippen LogP contribution in [0.15, 0.2) is 54.7 Å². The van der Waals surface area contributed by atoms with Crippen LogP contribution >= 0.6 is 0 Å². The van der Waals surface area contributed by atoms with E-state index in [9.17, 15) is 14.7 Å². The van der Waals surface area contributed by atoms with E-state index < -0.39 is 5.60 Å². The van der Waals surface area contributed by atoms with E-state index in [2.05, 4.69) is 4.98 Å². The van der Waals surface area contributed by atoms with Gasteiger partial charge in [-0.05, 0) is 55.7 Å². The minimum Gasteiger partial charge on any atom is -0.386 e. The number of hydrogen-bond acceptors (Lipinski definition) is 3. The van der Waals surface area contributed by atoms with Crippen molar-refractivity contribution in [2.45, 2.75) is 25.9 Å². The van der Waals surface area contributed by atoms with Crippen molar-refractivity contribution >= 4 is 28.8 Å². The molecule has 28 heavy (non-hydrogen) atoms. The van der Waals surface area contributed by atoms with E-state index >= 15 is 0 Å². The molecule has 0 aliphatic carbocycles. The molecule has 0 spiro atoms. The quantitative estimate of drug-likeness (QED) is 0.668. The lowest BCUT2D eigenvalue weighted by molar-refractivity contribution is 0.0656. The monoisotopic (exact) mass is 374 g/mol. The molecule has 2 amide bonds. The van der Waals surface area contributed by atoms with Crippen molar-refractivity contribution in [3.63, 3.8) is 0 Å². The van der Waals surface area contributed by atoms with Crippen molar-refractivity contribution in [3.8, 4) is 0 Å². The number of carbonyl (C=O) groups is 2. The third kappa shape index (κ3) is 3.37.